The first-order valence-electron chi connectivity index (χ1n) is 8.52. The highest BCUT2D eigenvalue weighted by Crippen LogP contribution is 2.28. The third-order valence-electron chi connectivity index (χ3n) is 4.85. The largest absolute Gasteiger partial charge is 0.379 e. The Morgan fingerprint density at radius 1 is 1.21 bits per heavy atom. The highest BCUT2D eigenvalue weighted by atomic mass is 16.5. The SMILES string of the molecule is C[C@H]1COCCN1c1nc(N(C)C2CCOC2)nc2ncccc12. The van der Waals surface area contributed by atoms with Gasteiger partial charge in [0.25, 0.3) is 0 Å². The number of hydrogen-bond acceptors (Lipinski definition) is 7. The van der Waals surface area contributed by atoms with Gasteiger partial charge in [-0.25, -0.2) is 4.98 Å². The maximum Gasteiger partial charge on any atom is 0.229 e. The second kappa shape index (κ2) is 6.49. The van der Waals surface area contributed by atoms with Gasteiger partial charge in [-0.05, 0) is 25.5 Å². The van der Waals surface area contributed by atoms with Crippen LogP contribution < -0.4 is 9.80 Å². The van der Waals surface area contributed by atoms with E-state index >= 15 is 0 Å². The maximum atomic E-state index is 5.58. The van der Waals surface area contributed by atoms with Crippen LogP contribution in [0.4, 0.5) is 11.8 Å². The van der Waals surface area contributed by atoms with E-state index < -0.39 is 0 Å². The summed E-state index contributed by atoms with van der Waals surface area (Å²) in [6, 6.07) is 4.59. The Kier molecular flexibility index (Phi) is 4.20. The Hall–Kier alpha value is -1.99. The van der Waals surface area contributed by atoms with Gasteiger partial charge in [-0.15, -0.1) is 0 Å². The first kappa shape index (κ1) is 15.5. The summed E-state index contributed by atoms with van der Waals surface area (Å²) in [5, 5.41) is 0.992. The number of ether oxygens (including phenoxy) is 2. The van der Waals surface area contributed by atoms with Crippen LogP contribution in [0.15, 0.2) is 18.3 Å². The lowest BCUT2D eigenvalue weighted by atomic mass is 10.2. The lowest BCUT2D eigenvalue weighted by molar-refractivity contribution is 0.0987. The van der Waals surface area contributed by atoms with Crippen molar-refractivity contribution in [3.63, 3.8) is 0 Å². The van der Waals surface area contributed by atoms with Gasteiger partial charge in [-0.2, -0.15) is 9.97 Å². The van der Waals surface area contributed by atoms with Gasteiger partial charge in [0.15, 0.2) is 5.65 Å². The molecule has 2 fully saturated rings. The van der Waals surface area contributed by atoms with Gasteiger partial charge < -0.3 is 19.3 Å². The number of pyridine rings is 1. The van der Waals surface area contributed by atoms with Gasteiger partial charge >= 0.3 is 0 Å². The Bertz CT molecular complexity index is 719. The lowest BCUT2D eigenvalue weighted by Crippen LogP contribution is -2.44. The van der Waals surface area contributed by atoms with E-state index in [1.54, 1.807) is 6.20 Å². The molecule has 4 rings (SSSR count). The van der Waals surface area contributed by atoms with Crippen LogP contribution in [0.2, 0.25) is 0 Å². The second-order valence-electron chi connectivity index (χ2n) is 6.47. The molecule has 2 atom stereocenters. The molecule has 2 saturated heterocycles. The fourth-order valence-corrected chi connectivity index (χ4v) is 3.34. The van der Waals surface area contributed by atoms with Crippen LogP contribution in [0.3, 0.4) is 0 Å². The minimum atomic E-state index is 0.282. The average molecular weight is 329 g/mol. The monoisotopic (exact) mass is 329 g/mol. The molecule has 4 heterocycles. The van der Waals surface area contributed by atoms with Crippen LogP contribution in [0, 0.1) is 0 Å². The number of aromatic nitrogens is 3. The van der Waals surface area contributed by atoms with Crippen LogP contribution in [-0.2, 0) is 9.47 Å². The van der Waals surface area contributed by atoms with E-state index in [1.807, 2.05) is 19.2 Å². The minimum absolute atomic E-state index is 0.282. The van der Waals surface area contributed by atoms with E-state index in [4.69, 9.17) is 19.4 Å². The van der Waals surface area contributed by atoms with Crippen molar-refractivity contribution in [3.05, 3.63) is 18.3 Å². The number of hydrogen-bond donors (Lipinski definition) is 0. The zero-order valence-electron chi connectivity index (χ0n) is 14.2. The molecular weight excluding hydrogens is 306 g/mol. The second-order valence-corrected chi connectivity index (χ2v) is 6.47. The van der Waals surface area contributed by atoms with E-state index in [-0.39, 0.29) is 6.04 Å². The van der Waals surface area contributed by atoms with Gasteiger partial charge in [0.1, 0.15) is 5.82 Å². The van der Waals surface area contributed by atoms with Gasteiger partial charge in [0, 0.05) is 26.4 Å². The maximum absolute atomic E-state index is 5.58. The summed E-state index contributed by atoms with van der Waals surface area (Å²) < 4.78 is 11.1. The molecule has 0 saturated carbocycles. The number of fused-ring (bicyclic) bond motifs is 1. The third kappa shape index (κ3) is 2.78. The van der Waals surface area contributed by atoms with Crippen molar-refractivity contribution in [2.75, 3.05) is 49.8 Å². The molecule has 2 aliphatic heterocycles. The molecule has 7 heteroatoms. The minimum Gasteiger partial charge on any atom is -0.379 e. The molecule has 0 N–H and O–H groups in total. The molecular formula is C17H23N5O2. The van der Waals surface area contributed by atoms with Crippen molar-refractivity contribution in [2.45, 2.75) is 25.4 Å². The topological polar surface area (TPSA) is 63.6 Å². The zero-order chi connectivity index (χ0) is 16.5. The standard InChI is InChI=1S/C17H23N5O2/c1-12-10-24-9-7-22(12)16-14-4-3-6-18-15(14)19-17(20-16)21(2)13-5-8-23-11-13/h3-4,6,12-13H,5,7-11H2,1-2H3/t12-,13?/m0/s1. The van der Waals surface area contributed by atoms with Crippen molar-refractivity contribution < 1.29 is 9.47 Å². The Morgan fingerprint density at radius 2 is 2.08 bits per heavy atom. The molecule has 2 aromatic heterocycles. The van der Waals surface area contributed by atoms with E-state index in [2.05, 4.69) is 21.7 Å². The summed E-state index contributed by atoms with van der Waals surface area (Å²) in [6.07, 6.45) is 2.79. The highest BCUT2D eigenvalue weighted by molar-refractivity contribution is 5.88. The Balaban J connectivity index is 1.78. The van der Waals surface area contributed by atoms with Gasteiger partial charge in [0.05, 0.1) is 37.3 Å². The zero-order valence-corrected chi connectivity index (χ0v) is 14.2. The van der Waals surface area contributed by atoms with Gasteiger partial charge in [-0.3, -0.25) is 0 Å². The van der Waals surface area contributed by atoms with E-state index in [9.17, 15) is 0 Å². The molecule has 1 unspecified atom stereocenters. The number of morpholine rings is 1. The fourth-order valence-electron chi connectivity index (χ4n) is 3.34. The third-order valence-corrected chi connectivity index (χ3v) is 4.85. The van der Waals surface area contributed by atoms with Crippen molar-refractivity contribution in [3.8, 4) is 0 Å². The van der Waals surface area contributed by atoms with Crippen LogP contribution in [0.1, 0.15) is 13.3 Å². The summed E-state index contributed by atoms with van der Waals surface area (Å²) >= 11 is 0. The summed E-state index contributed by atoms with van der Waals surface area (Å²) in [4.78, 5) is 18.5. The van der Waals surface area contributed by atoms with Crippen molar-refractivity contribution in [1.82, 2.24) is 15.0 Å². The molecule has 0 radical (unpaired) electrons. The predicted molar refractivity (Wildman–Crippen MR) is 92.6 cm³/mol. The van der Waals surface area contributed by atoms with Crippen LogP contribution >= 0.6 is 0 Å². The molecule has 7 nitrogen and oxygen atoms in total. The van der Waals surface area contributed by atoms with E-state index in [0.29, 0.717) is 18.6 Å². The van der Waals surface area contributed by atoms with Crippen molar-refractivity contribution in [2.24, 2.45) is 0 Å². The Morgan fingerprint density at radius 3 is 2.88 bits per heavy atom. The lowest BCUT2D eigenvalue weighted by Gasteiger charge is -2.35. The van der Waals surface area contributed by atoms with Crippen molar-refractivity contribution >= 4 is 22.8 Å². The average Bonchev–Trinajstić information content (AvgIpc) is 3.15. The summed E-state index contributed by atoms with van der Waals surface area (Å²) in [7, 11) is 2.04. The molecule has 0 aliphatic carbocycles. The predicted octanol–water partition coefficient (Wildman–Crippen LogP) is 1.47. The van der Waals surface area contributed by atoms with Gasteiger partial charge in [-0.1, -0.05) is 0 Å². The smallest absolute Gasteiger partial charge is 0.229 e. The molecule has 0 spiro atoms. The quantitative estimate of drug-likeness (QED) is 0.845. The molecule has 0 amide bonds. The molecule has 128 valence electrons. The Labute approximate surface area is 141 Å². The number of anilines is 2. The molecule has 2 aromatic rings. The highest BCUT2D eigenvalue weighted by Gasteiger charge is 2.27. The first-order valence-corrected chi connectivity index (χ1v) is 8.52. The molecule has 0 aromatic carbocycles. The summed E-state index contributed by atoms with van der Waals surface area (Å²) in [5.74, 6) is 1.66. The molecule has 0 bridgehead atoms. The molecule has 24 heavy (non-hydrogen) atoms. The normalized spacial score (nSPS) is 24.5. The van der Waals surface area contributed by atoms with Crippen LogP contribution in [-0.4, -0.2) is 67.1 Å². The summed E-state index contributed by atoms with van der Waals surface area (Å²) in [6.45, 7) is 5.96. The fraction of sp³-hybridized carbons (Fsp3) is 0.588. The number of rotatable bonds is 3. The molecule has 2 aliphatic rings. The summed E-state index contributed by atoms with van der Waals surface area (Å²) in [5.41, 5.74) is 0.738. The number of nitrogens with zero attached hydrogens (tertiary/aromatic N) is 5. The van der Waals surface area contributed by atoms with Crippen molar-refractivity contribution in [1.29, 1.82) is 0 Å². The van der Waals surface area contributed by atoms with Crippen LogP contribution in [0.5, 0.6) is 0 Å². The van der Waals surface area contributed by atoms with E-state index in [1.165, 1.54) is 0 Å². The first-order chi connectivity index (χ1) is 11.7. The van der Waals surface area contributed by atoms with Gasteiger partial charge in [0.2, 0.25) is 5.95 Å². The van der Waals surface area contributed by atoms with E-state index in [0.717, 1.165) is 49.6 Å². The van der Waals surface area contributed by atoms with Crippen LogP contribution in [0.25, 0.3) is 11.0 Å². The number of likely N-dealkylation sites (N-methyl/N-ethyl adjacent to an activating group) is 1.